The number of nitrogens with one attached hydrogen (secondary N) is 2. The van der Waals surface area contributed by atoms with Crippen LogP contribution in [0.25, 0.3) is 0 Å². The number of methoxy groups -OCH3 is 1. The molecule has 20 heavy (non-hydrogen) atoms. The molecule has 0 radical (unpaired) electrons. The van der Waals surface area contributed by atoms with Crippen LogP contribution in [0.15, 0.2) is 10.3 Å². The second kappa shape index (κ2) is 7.72. The van der Waals surface area contributed by atoms with Crippen molar-refractivity contribution in [3.63, 3.8) is 0 Å². The highest BCUT2D eigenvalue weighted by Crippen LogP contribution is 2.27. The molecule has 0 bridgehead atoms. The number of hydrogen-bond donors (Lipinski definition) is 2. The van der Waals surface area contributed by atoms with Gasteiger partial charge in [-0.15, -0.1) is 11.3 Å². The lowest BCUT2D eigenvalue weighted by Crippen LogP contribution is -2.28. The van der Waals surface area contributed by atoms with Crippen molar-refractivity contribution in [3.05, 3.63) is 15.8 Å². The molecule has 0 amide bonds. The molecule has 0 aliphatic heterocycles. The molecule has 0 spiro atoms. The largest absolute Gasteiger partial charge is 0.465 e. The van der Waals surface area contributed by atoms with E-state index < -0.39 is 16.0 Å². The molecule has 0 aromatic carbocycles. The number of hydrogen-bond acceptors (Lipinski definition) is 6. The molecule has 0 saturated carbocycles. The lowest BCUT2D eigenvalue weighted by Gasteiger charge is -2.08. The maximum Gasteiger partial charge on any atom is 0.349 e. The smallest absolute Gasteiger partial charge is 0.349 e. The first kappa shape index (κ1) is 17.1. The van der Waals surface area contributed by atoms with E-state index in [-0.39, 0.29) is 9.77 Å². The third kappa shape index (κ3) is 4.27. The molecule has 8 heteroatoms. The molecule has 0 saturated heterocycles. The van der Waals surface area contributed by atoms with E-state index in [1.54, 1.807) is 12.3 Å². The molecule has 6 nitrogen and oxygen atoms in total. The average molecular weight is 320 g/mol. The number of carbonyl (C=O) groups excluding carboxylic acids is 1. The molecule has 0 aliphatic rings. The molecule has 2 N–H and O–H groups in total. The van der Waals surface area contributed by atoms with Gasteiger partial charge in [-0.3, -0.25) is 0 Å². The van der Waals surface area contributed by atoms with E-state index in [1.165, 1.54) is 7.11 Å². The number of sulfonamides is 1. The summed E-state index contributed by atoms with van der Waals surface area (Å²) < 4.78 is 31.6. The zero-order valence-electron chi connectivity index (χ0n) is 11.9. The fraction of sp³-hybridized carbons (Fsp3) is 0.583. The molecule has 0 fully saturated rings. The first-order chi connectivity index (χ1) is 9.44. The summed E-state index contributed by atoms with van der Waals surface area (Å²) in [6.07, 6.45) is 0.684. The van der Waals surface area contributed by atoms with Gasteiger partial charge < -0.3 is 10.1 Å². The maximum atomic E-state index is 12.3. The van der Waals surface area contributed by atoms with Gasteiger partial charge in [0.2, 0.25) is 10.0 Å². The summed E-state index contributed by atoms with van der Waals surface area (Å²) in [5, 5.41) is 4.75. The number of carbonyl (C=O) groups is 1. The summed E-state index contributed by atoms with van der Waals surface area (Å²) in [6.45, 7) is 5.57. The van der Waals surface area contributed by atoms with Crippen LogP contribution in [0.5, 0.6) is 0 Å². The second-order valence-corrected chi connectivity index (χ2v) is 6.76. The van der Waals surface area contributed by atoms with E-state index >= 15 is 0 Å². The van der Waals surface area contributed by atoms with Crippen LogP contribution in [-0.2, 0) is 14.8 Å². The van der Waals surface area contributed by atoms with Crippen LogP contribution in [-0.4, -0.2) is 41.1 Å². The van der Waals surface area contributed by atoms with Gasteiger partial charge in [0.1, 0.15) is 9.77 Å². The van der Waals surface area contributed by atoms with E-state index in [2.05, 4.69) is 14.8 Å². The van der Waals surface area contributed by atoms with Crippen molar-refractivity contribution in [2.24, 2.45) is 0 Å². The van der Waals surface area contributed by atoms with Gasteiger partial charge in [0.15, 0.2) is 0 Å². The number of rotatable bonds is 8. The maximum absolute atomic E-state index is 12.3. The van der Waals surface area contributed by atoms with Crippen LogP contribution in [0.1, 0.15) is 28.6 Å². The van der Waals surface area contributed by atoms with Gasteiger partial charge in [-0.05, 0) is 37.4 Å². The molecule has 1 heterocycles. The first-order valence-corrected chi connectivity index (χ1v) is 8.67. The topological polar surface area (TPSA) is 84.5 Å². The number of thiophene rings is 1. The van der Waals surface area contributed by atoms with Gasteiger partial charge in [-0.1, -0.05) is 6.92 Å². The van der Waals surface area contributed by atoms with Crippen LogP contribution in [0.4, 0.5) is 0 Å². The summed E-state index contributed by atoms with van der Waals surface area (Å²) >= 11 is 1.08. The highest BCUT2D eigenvalue weighted by molar-refractivity contribution is 7.89. The Kier molecular flexibility index (Phi) is 6.60. The predicted molar refractivity (Wildman–Crippen MR) is 78.7 cm³/mol. The van der Waals surface area contributed by atoms with Gasteiger partial charge in [0.05, 0.1) is 7.11 Å². The van der Waals surface area contributed by atoms with E-state index in [9.17, 15) is 13.2 Å². The van der Waals surface area contributed by atoms with Gasteiger partial charge in [-0.25, -0.2) is 17.9 Å². The Morgan fingerprint density at radius 3 is 2.70 bits per heavy atom. The molecule has 0 unspecified atom stereocenters. The van der Waals surface area contributed by atoms with E-state index in [4.69, 9.17) is 0 Å². The minimum Gasteiger partial charge on any atom is -0.465 e. The number of esters is 1. The summed E-state index contributed by atoms with van der Waals surface area (Å²) in [6, 6.07) is 0. The number of ether oxygens (including phenoxy) is 1. The molecule has 114 valence electrons. The summed E-state index contributed by atoms with van der Waals surface area (Å²) in [4.78, 5) is 11.7. The molecule has 0 aliphatic carbocycles. The molecular formula is C12H20N2O4S2. The Bertz CT molecular complexity index is 552. The monoisotopic (exact) mass is 320 g/mol. The number of aryl methyl sites for hydroxylation is 1. The molecule has 1 aromatic heterocycles. The lowest BCUT2D eigenvalue weighted by atomic mass is 10.3. The minimum atomic E-state index is -3.69. The van der Waals surface area contributed by atoms with Gasteiger partial charge in [0.25, 0.3) is 0 Å². The van der Waals surface area contributed by atoms with Crippen LogP contribution < -0.4 is 10.0 Å². The van der Waals surface area contributed by atoms with Crippen LogP contribution in [0.3, 0.4) is 0 Å². The van der Waals surface area contributed by atoms with E-state index in [0.29, 0.717) is 18.5 Å². The van der Waals surface area contributed by atoms with Crippen molar-refractivity contribution >= 4 is 27.3 Å². The molecule has 0 atom stereocenters. The van der Waals surface area contributed by atoms with Crippen molar-refractivity contribution < 1.29 is 17.9 Å². The third-order valence-corrected chi connectivity index (χ3v) is 5.48. The fourth-order valence-electron chi connectivity index (χ4n) is 1.67. The zero-order chi connectivity index (χ0) is 15.2. The van der Waals surface area contributed by atoms with Crippen molar-refractivity contribution in [1.29, 1.82) is 0 Å². The van der Waals surface area contributed by atoms with Gasteiger partial charge in [-0.2, -0.15) is 0 Å². The van der Waals surface area contributed by atoms with Crippen LogP contribution >= 0.6 is 11.3 Å². The Labute approximate surface area is 123 Å². The van der Waals surface area contributed by atoms with Crippen LogP contribution in [0.2, 0.25) is 0 Å². The van der Waals surface area contributed by atoms with Crippen molar-refractivity contribution in [3.8, 4) is 0 Å². The van der Waals surface area contributed by atoms with Gasteiger partial charge in [0, 0.05) is 6.54 Å². The molecule has 1 rings (SSSR count). The van der Waals surface area contributed by atoms with E-state index in [1.807, 2.05) is 6.92 Å². The lowest BCUT2D eigenvalue weighted by molar-refractivity contribution is 0.0602. The first-order valence-electron chi connectivity index (χ1n) is 6.30. The Balaban J connectivity index is 2.82. The minimum absolute atomic E-state index is 0.0257. The molecule has 1 aromatic rings. The Hall–Kier alpha value is -0.960. The SMILES string of the molecule is CCNCCCNS(=O)(=O)c1c(C)csc1C(=O)OC. The fourth-order valence-corrected chi connectivity index (χ4v) is 4.45. The predicted octanol–water partition coefficient (Wildman–Crippen LogP) is 1.12. The second-order valence-electron chi connectivity index (χ2n) is 4.17. The van der Waals surface area contributed by atoms with Crippen LogP contribution in [0, 0.1) is 6.92 Å². The zero-order valence-corrected chi connectivity index (χ0v) is 13.5. The highest BCUT2D eigenvalue weighted by atomic mass is 32.2. The summed E-state index contributed by atoms with van der Waals surface area (Å²) in [7, 11) is -2.46. The van der Waals surface area contributed by atoms with Crippen molar-refractivity contribution in [2.75, 3.05) is 26.7 Å². The Morgan fingerprint density at radius 1 is 1.40 bits per heavy atom. The molecular weight excluding hydrogens is 300 g/mol. The average Bonchev–Trinajstić information content (AvgIpc) is 2.80. The van der Waals surface area contributed by atoms with E-state index in [0.717, 1.165) is 24.4 Å². The Morgan fingerprint density at radius 2 is 2.10 bits per heavy atom. The normalized spacial score (nSPS) is 11.6. The van der Waals surface area contributed by atoms with Crippen molar-refractivity contribution in [1.82, 2.24) is 10.0 Å². The van der Waals surface area contributed by atoms with Gasteiger partial charge >= 0.3 is 5.97 Å². The highest BCUT2D eigenvalue weighted by Gasteiger charge is 2.26. The third-order valence-electron chi connectivity index (χ3n) is 2.63. The summed E-state index contributed by atoms with van der Waals surface area (Å²) in [5.41, 5.74) is 0.551. The quantitative estimate of drug-likeness (QED) is 0.554. The summed E-state index contributed by atoms with van der Waals surface area (Å²) in [5.74, 6) is -0.629. The standard InChI is InChI=1S/C12H20N2O4S2/c1-4-13-6-5-7-14-20(16,17)11-9(2)8-19-10(11)12(15)18-3/h8,13-14H,4-7H2,1-3H3. The van der Waals surface area contributed by atoms with Crippen molar-refractivity contribution in [2.45, 2.75) is 25.2 Å².